The van der Waals surface area contributed by atoms with E-state index in [9.17, 15) is 9.90 Å². The number of H-pyrrole nitrogens is 1. The minimum absolute atomic E-state index is 0.239. The summed E-state index contributed by atoms with van der Waals surface area (Å²) in [6.45, 7) is 1.92. The van der Waals surface area contributed by atoms with Gasteiger partial charge in [-0.2, -0.15) is 4.98 Å². The molecule has 2 aromatic rings. The summed E-state index contributed by atoms with van der Waals surface area (Å²) in [4.78, 5) is 22.2. The molecule has 7 heteroatoms. The van der Waals surface area contributed by atoms with Crippen LogP contribution in [0.25, 0.3) is 10.8 Å². The van der Waals surface area contributed by atoms with Gasteiger partial charge >= 0.3 is 0 Å². The second-order valence-corrected chi connectivity index (χ2v) is 5.10. The zero-order chi connectivity index (χ0) is 12.4. The van der Waals surface area contributed by atoms with Crippen molar-refractivity contribution in [3.8, 4) is 16.7 Å². The quantitative estimate of drug-likeness (QED) is 0.897. The van der Waals surface area contributed by atoms with Crippen LogP contribution in [0, 0.1) is 0 Å². The molecule has 0 aliphatic heterocycles. The Kier molecular flexibility index (Phi) is 3.44. The van der Waals surface area contributed by atoms with Crippen molar-refractivity contribution in [1.29, 1.82) is 0 Å². The third-order valence-electron chi connectivity index (χ3n) is 2.17. The Labute approximate surface area is 106 Å². The highest BCUT2D eigenvalue weighted by atomic mass is 35.5. The van der Waals surface area contributed by atoms with Gasteiger partial charge in [-0.25, -0.2) is 4.98 Å². The van der Waals surface area contributed by atoms with Crippen molar-refractivity contribution >= 4 is 22.9 Å². The van der Waals surface area contributed by atoms with Crippen molar-refractivity contribution in [2.45, 2.75) is 19.8 Å². The van der Waals surface area contributed by atoms with Gasteiger partial charge in [-0.1, -0.05) is 36.3 Å². The number of rotatable bonds is 3. The monoisotopic (exact) mass is 271 g/mol. The van der Waals surface area contributed by atoms with Gasteiger partial charge in [0.25, 0.3) is 5.56 Å². The molecule has 0 saturated carbocycles. The molecule has 2 aromatic heterocycles. The molecule has 0 saturated heterocycles. The number of thiazole rings is 1. The number of aromatic amines is 1. The van der Waals surface area contributed by atoms with Crippen molar-refractivity contribution in [2.75, 3.05) is 0 Å². The average Bonchev–Trinajstić information content (AvgIpc) is 2.70. The third-order valence-corrected chi connectivity index (χ3v) is 3.30. The van der Waals surface area contributed by atoms with Gasteiger partial charge < -0.3 is 10.1 Å². The Morgan fingerprint density at radius 1 is 1.59 bits per heavy atom. The SMILES string of the molecule is CCCc1c(O)nc(-c2ncc(Cl)s2)[nH]c1=O. The molecule has 0 spiro atoms. The average molecular weight is 272 g/mol. The Hall–Kier alpha value is -1.40. The van der Waals surface area contributed by atoms with Crippen LogP contribution in [-0.2, 0) is 6.42 Å². The first-order valence-electron chi connectivity index (χ1n) is 5.05. The van der Waals surface area contributed by atoms with E-state index in [0.29, 0.717) is 21.3 Å². The number of aromatic nitrogens is 3. The first-order chi connectivity index (χ1) is 8.11. The summed E-state index contributed by atoms with van der Waals surface area (Å²) < 4.78 is 0.500. The highest BCUT2D eigenvalue weighted by Crippen LogP contribution is 2.26. The minimum atomic E-state index is -0.333. The van der Waals surface area contributed by atoms with Crippen LogP contribution in [0.1, 0.15) is 18.9 Å². The van der Waals surface area contributed by atoms with E-state index >= 15 is 0 Å². The Bertz CT molecular complexity index is 593. The zero-order valence-corrected chi connectivity index (χ0v) is 10.6. The predicted molar refractivity (Wildman–Crippen MR) is 66.6 cm³/mol. The standard InChI is InChI=1S/C10H10ClN3O2S/c1-2-3-5-8(15)13-7(14-9(5)16)10-12-4-6(11)17-10/h4H,2-3H2,1H3,(H2,13,14,15,16). The van der Waals surface area contributed by atoms with Crippen molar-refractivity contribution in [3.05, 3.63) is 26.5 Å². The van der Waals surface area contributed by atoms with E-state index in [2.05, 4.69) is 15.0 Å². The van der Waals surface area contributed by atoms with Gasteiger partial charge in [0.15, 0.2) is 10.8 Å². The molecule has 0 amide bonds. The molecule has 2 heterocycles. The van der Waals surface area contributed by atoms with Crippen LogP contribution in [-0.4, -0.2) is 20.1 Å². The summed E-state index contributed by atoms with van der Waals surface area (Å²) in [5.74, 6) is 0.00109. The van der Waals surface area contributed by atoms with Gasteiger partial charge in [0.05, 0.1) is 11.8 Å². The Morgan fingerprint density at radius 3 is 2.88 bits per heavy atom. The molecule has 0 atom stereocenters. The lowest BCUT2D eigenvalue weighted by Gasteiger charge is -2.02. The van der Waals surface area contributed by atoms with E-state index in [-0.39, 0.29) is 17.3 Å². The van der Waals surface area contributed by atoms with Gasteiger partial charge in [-0.05, 0) is 6.42 Å². The fourth-order valence-electron chi connectivity index (χ4n) is 1.43. The summed E-state index contributed by atoms with van der Waals surface area (Å²) in [5, 5.41) is 10.2. The van der Waals surface area contributed by atoms with Crippen LogP contribution in [0.15, 0.2) is 11.0 Å². The summed E-state index contributed by atoms with van der Waals surface area (Å²) in [6, 6.07) is 0. The molecule has 90 valence electrons. The number of halogens is 1. The molecular weight excluding hydrogens is 262 g/mol. The van der Waals surface area contributed by atoms with E-state index in [4.69, 9.17) is 11.6 Å². The zero-order valence-electron chi connectivity index (χ0n) is 9.03. The smallest absolute Gasteiger partial charge is 0.258 e. The van der Waals surface area contributed by atoms with Crippen LogP contribution >= 0.6 is 22.9 Å². The topological polar surface area (TPSA) is 78.9 Å². The molecular formula is C10H10ClN3O2S. The predicted octanol–water partition coefficient (Wildman–Crippen LogP) is 2.20. The fourth-order valence-corrected chi connectivity index (χ4v) is 2.28. The first kappa shape index (κ1) is 12.1. The van der Waals surface area contributed by atoms with Crippen molar-refractivity contribution in [3.63, 3.8) is 0 Å². The molecule has 0 fully saturated rings. The normalized spacial score (nSPS) is 10.7. The van der Waals surface area contributed by atoms with Crippen LogP contribution in [0.2, 0.25) is 4.34 Å². The van der Waals surface area contributed by atoms with Crippen molar-refractivity contribution in [2.24, 2.45) is 0 Å². The number of nitrogens with zero attached hydrogens (tertiary/aromatic N) is 2. The van der Waals surface area contributed by atoms with E-state index < -0.39 is 0 Å². The molecule has 2 N–H and O–H groups in total. The second-order valence-electron chi connectivity index (χ2n) is 3.44. The number of aromatic hydroxyl groups is 1. The van der Waals surface area contributed by atoms with Crippen LogP contribution in [0.5, 0.6) is 5.88 Å². The van der Waals surface area contributed by atoms with Gasteiger partial charge in [-0.15, -0.1) is 0 Å². The minimum Gasteiger partial charge on any atom is -0.493 e. The Balaban J connectivity index is 2.49. The second kappa shape index (κ2) is 4.85. The lowest BCUT2D eigenvalue weighted by Crippen LogP contribution is -2.15. The summed E-state index contributed by atoms with van der Waals surface area (Å²) in [5.41, 5.74) is -0.0282. The number of hydrogen-bond acceptors (Lipinski definition) is 5. The summed E-state index contributed by atoms with van der Waals surface area (Å²) in [6.07, 6.45) is 2.73. The largest absolute Gasteiger partial charge is 0.493 e. The van der Waals surface area contributed by atoms with Crippen LogP contribution in [0.4, 0.5) is 0 Å². The van der Waals surface area contributed by atoms with Gasteiger partial charge in [-0.3, -0.25) is 4.79 Å². The van der Waals surface area contributed by atoms with Crippen molar-refractivity contribution in [1.82, 2.24) is 15.0 Å². The maximum Gasteiger partial charge on any atom is 0.258 e. The number of hydrogen-bond donors (Lipinski definition) is 2. The lowest BCUT2D eigenvalue weighted by molar-refractivity contribution is 0.443. The molecule has 17 heavy (non-hydrogen) atoms. The highest BCUT2D eigenvalue weighted by molar-refractivity contribution is 7.18. The van der Waals surface area contributed by atoms with Crippen LogP contribution in [0.3, 0.4) is 0 Å². The summed E-state index contributed by atoms with van der Waals surface area (Å²) >= 11 is 6.93. The van der Waals surface area contributed by atoms with Gasteiger partial charge in [0.1, 0.15) is 4.34 Å². The fraction of sp³-hybridized carbons (Fsp3) is 0.300. The molecule has 5 nitrogen and oxygen atoms in total. The first-order valence-corrected chi connectivity index (χ1v) is 6.25. The lowest BCUT2D eigenvalue weighted by atomic mass is 10.2. The highest BCUT2D eigenvalue weighted by Gasteiger charge is 2.13. The van der Waals surface area contributed by atoms with E-state index in [0.717, 1.165) is 6.42 Å². The third kappa shape index (κ3) is 2.48. The van der Waals surface area contributed by atoms with E-state index in [1.165, 1.54) is 17.5 Å². The van der Waals surface area contributed by atoms with Gasteiger partial charge in [0.2, 0.25) is 5.88 Å². The van der Waals surface area contributed by atoms with E-state index in [1.54, 1.807) is 0 Å². The molecule has 0 aliphatic carbocycles. The number of nitrogens with one attached hydrogen (secondary N) is 1. The molecule has 2 rings (SSSR count). The maximum atomic E-state index is 11.7. The van der Waals surface area contributed by atoms with E-state index in [1.807, 2.05) is 6.92 Å². The molecule has 0 aromatic carbocycles. The molecule has 0 aliphatic rings. The Morgan fingerprint density at radius 2 is 2.35 bits per heavy atom. The van der Waals surface area contributed by atoms with Gasteiger partial charge in [0, 0.05) is 0 Å². The molecule has 0 unspecified atom stereocenters. The molecule has 0 radical (unpaired) electrons. The van der Waals surface area contributed by atoms with Crippen molar-refractivity contribution < 1.29 is 5.11 Å². The maximum absolute atomic E-state index is 11.7. The van der Waals surface area contributed by atoms with Crippen LogP contribution < -0.4 is 5.56 Å². The summed E-state index contributed by atoms with van der Waals surface area (Å²) in [7, 11) is 0. The molecule has 0 bridgehead atoms.